The maximum atomic E-state index is 6.22. The van der Waals surface area contributed by atoms with Crippen molar-refractivity contribution >= 4 is 54.3 Å². The Bertz CT molecular complexity index is 2510. The normalized spacial score (nSPS) is 11.7. The molecule has 0 spiro atoms. The summed E-state index contributed by atoms with van der Waals surface area (Å²) in [6, 6.07) is 48.1. The first-order chi connectivity index (χ1) is 21.3. The van der Waals surface area contributed by atoms with Gasteiger partial charge in [0, 0.05) is 32.8 Å². The van der Waals surface area contributed by atoms with Crippen LogP contribution in [0.4, 0.5) is 0 Å². The van der Waals surface area contributed by atoms with Crippen LogP contribution in [0.2, 0.25) is 0 Å². The Labute approximate surface area is 246 Å². The third kappa shape index (κ3) is 3.81. The molecular formula is C39H23N3O. The predicted octanol–water partition coefficient (Wildman–Crippen LogP) is 10.2. The lowest BCUT2D eigenvalue weighted by atomic mass is 9.95. The molecule has 4 heteroatoms. The van der Waals surface area contributed by atoms with Crippen LogP contribution < -0.4 is 0 Å². The van der Waals surface area contributed by atoms with Crippen molar-refractivity contribution < 1.29 is 4.42 Å². The Hall–Kier alpha value is -5.87. The monoisotopic (exact) mass is 549 g/mol. The highest BCUT2D eigenvalue weighted by Gasteiger charge is 2.18. The fourth-order valence-electron chi connectivity index (χ4n) is 6.27. The minimum Gasteiger partial charge on any atom is -0.456 e. The SMILES string of the molecule is c1ccc(-c2nc(-c3cccc4ccccc34)nc(-c3cccc4ccc5cc6oc7ccccc7c6cc5c34)n2)cc1. The van der Waals surface area contributed by atoms with E-state index < -0.39 is 0 Å². The summed E-state index contributed by atoms with van der Waals surface area (Å²) in [5.74, 6) is 1.95. The first-order valence-electron chi connectivity index (χ1n) is 14.4. The highest BCUT2D eigenvalue weighted by Crippen LogP contribution is 2.39. The van der Waals surface area contributed by atoms with Crippen LogP contribution >= 0.6 is 0 Å². The summed E-state index contributed by atoms with van der Waals surface area (Å²) in [5.41, 5.74) is 4.67. The first kappa shape index (κ1) is 23.8. The summed E-state index contributed by atoms with van der Waals surface area (Å²) in [6.07, 6.45) is 0. The van der Waals surface area contributed by atoms with Gasteiger partial charge in [-0.1, -0.05) is 121 Å². The van der Waals surface area contributed by atoms with Gasteiger partial charge in [-0.3, -0.25) is 0 Å². The van der Waals surface area contributed by atoms with Gasteiger partial charge >= 0.3 is 0 Å². The molecule has 0 aliphatic heterocycles. The molecule has 7 aromatic carbocycles. The zero-order valence-electron chi connectivity index (χ0n) is 23.0. The third-order valence-electron chi connectivity index (χ3n) is 8.30. The number of hydrogen-bond acceptors (Lipinski definition) is 4. The van der Waals surface area contributed by atoms with Crippen LogP contribution in [-0.4, -0.2) is 15.0 Å². The Morgan fingerprint density at radius 2 is 1.02 bits per heavy atom. The number of furan rings is 1. The summed E-state index contributed by atoms with van der Waals surface area (Å²) in [5, 5.41) is 8.96. The van der Waals surface area contributed by atoms with Crippen molar-refractivity contribution in [2.45, 2.75) is 0 Å². The zero-order chi connectivity index (χ0) is 28.3. The maximum Gasteiger partial charge on any atom is 0.164 e. The number of benzene rings is 7. The molecule has 0 fully saturated rings. The Balaban J connectivity index is 1.36. The van der Waals surface area contributed by atoms with E-state index in [0.717, 1.165) is 70.9 Å². The molecule has 0 atom stereocenters. The molecule has 0 N–H and O–H groups in total. The van der Waals surface area contributed by atoms with E-state index in [2.05, 4.69) is 97.1 Å². The van der Waals surface area contributed by atoms with E-state index in [1.807, 2.05) is 42.5 Å². The summed E-state index contributed by atoms with van der Waals surface area (Å²) in [7, 11) is 0. The molecule has 200 valence electrons. The van der Waals surface area contributed by atoms with Crippen LogP contribution in [0.25, 0.3) is 88.4 Å². The van der Waals surface area contributed by atoms with Gasteiger partial charge in [-0.05, 0) is 45.1 Å². The lowest BCUT2D eigenvalue weighted by molar-refractivity contribution is 0.669. The Morgan fingerprint density at radius 3 is 1.91 bits per heavy atom. The minimum atomic E-state index is 0.645. The summed E-state index contributed by atoms with van der Waals surface area (Å²) >= 11 is 0. The van der Waals surface area contributed by atoms with Crippen LogP contribution in [-0.2, 0) is 0 Å². The average Bonchev–Trinajstić information content (AvgIpc) is 3.44. The first-order valence-corrected chi connectivity index (χ1v) is 14.4. The Morgan fingerprint density at radius 1 is 0.372 bits per heavy atom. The van der Waals surface area contributed by atoms with Crippen molar-refractivity contribution in [3.63, 3.8) is 0 Å². The molecule has 0 bridgehead atoms. The van der Waals surface area contributed by atoms with Gasteiger partial charge in [0.05, 0.1) is 0 Å². The second kappa shape index (κ2) is 9.33. The number of aromatic nitrogens is 3. The highest BCUT2D eigenvalue weighted by molar-refractivity contribution is 6.19. The van der Waals surface area contributed by atoms with Crippen molar-refractivity contribution in [1.29, 1.82) is 0 Å². The van der Waals surface area contributed by atoms with Crippen molar-refractivity contribution in [2.24, 2.45) is 0 Å². The summed E-state index contributed by atoms with van der Waals surface area (Å²) in [4.78, 5) is 15.3. The number of rotatable bonds is 3. The van der Waals surface area contributed by atoms with Crippen LogP contribution in [0, 0.1) is 0 Å². The third-order valence-corrected chi connectivity index (χ3v) is 8.30. The second-order valence-electron chi connectivity index (χ2n) is 10.8. The molecule has 0 saturated heterocycles. The van der Waals surface area contributed by atoms with Crippen molar-refractivity contribution in [3.05, 3.63) is 140 Å². The lowest BCUT2D eigenvalue weighted by Crippen LogP contribution is -2.01. The molecule has 0 aliphatic carbocycles. The van der Waals surface area contributed by atoms with Crippen LogP contribution in [0.15, 0.2) is 144 Å². The quantitative estimate of drug-likeness (QED) is 0.206. The smallest absolute Gasteiger partial charge is 0.164 e. The van der Waals surface area contributed by atoms with E-state index in [1.165, 1.54) is 0 Å². The average molecular weight is 550 g/mol. The fraction of sp³-hybridized carbons (Fsp3) is 0. The van der Waals surface area contributed by atoms with E-state index in [9.17, 15) is 0 Å². The lowest BCUT2D eigenvalue weighted by Gasteiger charge is -2.13. The van der Waals surface area contributed by atoms with Gasteiger partial charge in [-0.2, -0.15) is 0 Å². The van der Waals surface area contributed by atoms with Crippen LogP contribution in [0.3, 0.4) is 0 Å². The fourth-order valence-corrected chi connectivity index (χ4v) is 6.27. The maximum absolute atomic E-state index is 6.22. The molecule has 0 radical (unpaired) electrons. The molecule has 0 amide bonds. The van der Waals surface area contributed by atoms with Gasteiger partial charge in [0.25, 0.3) is 0 Å². The molecule has 0 aliphatic rings. The predicted molar refractivity (Wildman–Crippen MR) is 176 cm³/mol. The van der Waals surface area contributed by atoms with Gasteiger partial charge < -0.3 is 4.42 Å². The molecule has 2 aromatic heterocycles. The van der Waals surface area contributed by atoms with Gasteiger partial charge in [-0.15, -0.1) is 0 Å². The zero-order valence-corrected chi connectivity index (χ0v) is 23.0. The molecule has 2 heterocycles. The molecule has 0 unspecified atom stereocenters. The van der Waals surface area contributed by atoms with Crippen LogP contribution in [0.1, 0.15) is 0 Å². The summed E-state index contributed by atoms with van der Waals surface area (Å²) < 4.78 is 6.22. The number of para-hydroxylation sites is 1. The molecule has 0 saturated carbocycles. The van der Waals surface area contributed by atoms with Gasteiger partial charge in [0.2, 0.25) is 0 Å². The number of hydrogen-bond donors (Lipinski definition) is 0. The van der Waals surface area contributed by atoms with Crippen LogP contribution in [0.5, 0.6) is 0 Å². The van der Waals surface area contributed by atoms with E-state index in [0.29, 0.717) is 17.5 Å². The van der Waals surface area contributed by atoms with E-state index in [1.54, 1.807) is 0 Å². The number of fused-ring (bicyclic) bond motifs is 7. The molecular weight excluding hydrogens is 526 g/mol. The van der Waals surface area contributed by atoms with Gasteiger partial charge in [-0.25, -0.2) is 15.0 Å². The van der Waals surface area contributed by atoms with Gasteiger partial charge in [0.1, 0.15) is 11.2 Å². The highest BCUT2D eigenvalue weighted by atomic mass is 16.3. The molecule has 4 nitrogen and oxygen atoms in total. The van der Waals surface area contributed by atoms with Crippen molar-refractivity contribution in [1.82, 2.24) is 15.0 Å². The van der Waals surface area contributed by atoms with E-state index in [-0.39, 0.29) is 0 Å². The Kier molecular flexibility index (Phi) is 5.16. The van der Waals surface area contributed by atoms with E-state index >= 15 is 0 Å². The largest absolute Gasteiger partial charge is 0.456 e. The van der Waals surface area contributed by atoms with Crippen molar-refractivity contribution in [3.8, 4) is 34.2 Å². The van der Waals surface area contributed by atoms with Gasteiger partial charge in [0.15, 0.2) is 17.5 Å². The second-order valence-corrected chi connectivity index (χ2v) is 10.8. The van der Waals surface area contributed by atoms with Crippen molar-refractivity contribution in [2.75, 3.05) is 0 Å². The molecule has 9 aromatic rings. The molecule has 43 heavy (non-hydrogen) atoms. The van der Waals surface area contributed by atoms with E-state index in [4.69, 9.17) is 19.4 Å². The standard InChI is InChI=1S/C39H23N3O/c1-2-11-26(12-3-1)37-40-38(30-17-8-13-24-10-4-5-15-28(24)30)42-39(41-37)31-18-9-14-25-20-21-27-22-35-33(23-32(27)36(25)31)29-16-6-7-19-34(29)43-35/h1-23H. The molecule has 9 rings (SSSR count). The summed E-state index contributed by atoms with van der Waals surface area (Å²) in [6.45, 7) is 0. The topological polar surface area (TPSA) is 51.8 Å². The number of nitrogens with zero attached hydrogens (tertiary/aromatic N) is 3. The minimum absolute atomic E-state index is 0.645.